The molecule has 47 heavy (non-hydrogen) atoms. The molecule has 0 aromatic rings. The first-order valence-corrected chi connectivity index (χ1v) is 19.8. The van der Waals surface area contributed by atoms with E-state index in [-0.39, 0.29) is 31.1 Å². The van der Waals surface area contributed by atoms with Gasteiger partial charge in [0.15, 0.2) is 6.10 Å². The van der Waals surface area contributed by atoms with Crippen molar-refractivity contribution < 1.29 is 28.6 Å². The molecular weight excluding hydrogens is 588 g/mol. The summed E-state index contributed by atoms with van der Waals surface area (Å²) in [7, 11) is 0. The predicted molar refractivity (Wildman–Crippen MR) is 196 cm³/mol. The Labute approximate surface area is 290 Å². The molecule has 0 saturated heterocycles. The second-order valence-corrected chi connectivity index (χ2v) is 13.2. The molecule has 0 aliphatic carbocycles. The van der Waals surface area contributed by atoms with Crippen molar-refractivity contribution in [3.05, 3.63) is 24.3 Å². The fourth-order valence-electron chi connectivity index (χ4n) is 5.42. The van der Waals surface area contributed by atoms with Crippen LogP contribution in [0.25, 0.3) is 0 Å². The number of allylic oxidation sites excluding steroid dienone is 4. The van der Waals surface area contributed by atoms with Gasteiger partial charge in [-0.25, -0.2) is 0 Å². The van der Waals surface area contributed by atoms with Crippen LogP contribution in [0.4, 0.5) is 0 Å². The summed E-state index contributed by atoms with van der Waals surface area (Å²) < 4.78 is 16.5. The van der Waals surface area contributed by atoms with Gasteiger partial charge in [0.1, 0.15) is 13.2 Å². The summed E-state index contributed by atoms with van der Waals surface area (Å²) in [6.07, 6.45) is 37.5. The summed E-state index contributed by atoms with van der Waals surface area (Å²) in [5.41, 5.74) is 0. The Morgan fingerprint density at radius 3 is 1.26 bits per heavy atom. The molecule has 0 N–H and O–H groups in total. The topological polar surface area (TPSA) is 78.9 Å². The van der Waals surface area contributed by atoms with E-state index in [1.807, 2.05) is 0 Å². The van der Waals surface area contributed by atoms with Gasteiger partial charge in [0.05, 0.1) is 0 Å². The van der Waals surface area contributed by atoms with E-state index >= 15 is 0 Å². The molecule has 0 bridgehead atoms. The summed E-state index contributed by atoms with van der Waals surface area (Å²) in [5.74, 6) is -0.902. The number of carbonyl (C=O) groups excluding carboxylic acids is 3. The van der Waals surface area contributed by atoms with Crippen LogP contribution < -0.4 is 0 Å². The average Bonchev–Trinajstić information content (AvgIpc) is 3.06. The zero-order valence-electron chi connectivity index (χ0n) is 31.0. The molecule has 6 nitrogen and oxygen atoms in total. The van der Waals surface area contributed by atoms with E-state index < -0.39 is 6.10 Å². The highest BCUT2D eigenvalue weighted by Gasteiger charge is 2.19. The van der Waals surface area contributed by atoms with Crippen LogP contribution in [-0.2, 0) is 28.6 Å². The van der Waals surface area contributed by atoms with Crippen LogP contribution >= 0.6 is 0 Å². The third kappa shape index (κ3) is 35.0. The molecule has 0 saturated carbocycles. The van der Waals surface area contributed by atoms with E-state index in [2.05, 4.69) is 45.1 Å². The number of carbonyl (C=O) groups is 3. The minimum atomic E-state index is -0.765. The Hall–Kier alpha value is -2.11. The highest BCUT2D eigenvalue weighted by Crippen LogP contribution is 2.13. The third-order valence-electron chi connectivity index (χ3n) is 8.44. The van der Waals surface area contributed by atoms with E-state index in [0.717, 1.165) is 83.5 Å². The second kappa shape index (κ2) is 36.7. The minimum Gasteiger partial charge on any atom is -0.462 e. The van der Waals surface area contributed by atoms with E-state index in [0.29, 0.717) is 19.3 Å². The van der Waals surface area contributed by atoms with Crippen molar-refractivity contribution in [1.82, 2.24) is 0 Å². The number of rotatable bonds is 35. The van der Waals surface area contributed by atoms with E-state index in [4.69, 9.17) is 14.2 Å². The van der Waals surface area contributed by atoms with Gasteiger partial charge < -0.3 is 14.2 Å². The SMILES string of the molecule is CCC/C=C\C/C=C\CCCCCCCC(=O)OCC(COC(=O)CCCCCCCC)OC(=O)CCCCCCCCCCCC. The Morgan fingerprint density at radius 2 is 0.809 bits per heavy atom. The fourth-order valence-corrected chi connectivity index (χ4v) is 5.42. The first kappa shape index (κ1) is 44.9. The number of hydrogen-bond donors (Lipinski definition) is 0. The summed E-state index contributed by atoms with van der Waals surface area (Å²) in [4.78, 5) is 37.3. The van der Waals surface area contributed by atoms with Gasteiger partial charge in [-0.15, -0.1) is 0 Å². The largest absolute Gasteiger partial charge is 0.462 e. The summed E-state index contributed by atoms with van der Waals surface area (Å²) >= 11 is 0. The van der Waals surface area contributed by atoms with Crippen LogP contribution in [0.5, 0.6) is 0 Å². The molecule has 0 radical (unpaired) electrons. The summed E-state index contributed by atoms with van der Waals surface area (Å²) in [6, 6.07) is 0. The van der Waals surface area contributed by atoms with Gasteiger partial charge in [0, 0.05) is 19.3 Å². The highest BCUT2D eigenvalue weighted by atomic mass is 16.6. The number of unbranched alkanes of at least 4 members (excludes halogenated alkanes) is 20. The zero-order valence-corrected chi connectivity index (χ0v) is 31.0. The van der Waals surface area contributed by atoms with E-state index in [9.17, 15) is 14.4 Å². The van der Waals surface area contributed by atoms with Crippen molar-refractivity contribution in [2.75, 3.05) is 13.2 Å². The molecular formula is C41H74O6. The van der Waals surface area contributed by atoms with Crippen LogP contribution in [0, 0.1) is 0 Å². The smallest absolute Gasteiger partial charge is 0.306 e. The first-order chi connectivity index (χ1) is 23.0. The van der Waals surface area contributed by atoms with Gasteiger partial charge in [-0.05, 0) is 44.9 Å². The predicted octanol–water partition coefficient (Wildman–Crippen LogP) is 12.1. The highest BCUT2D eigenvalue weighted by molar-refractivity contribution is 5.71. The van der Waals surface area contributed by atoms with Gasteiger partial charge >= 0.3 is 17.9 Å². The van der Waals surface area contributed by atoms with Crippen LogP contribution in [0.3, 0.4) is 0 Å². The maximum Gasteiger partial charge on any atom is 0.306 e. The molecule has 0 aliphatic heterocycles. The molecule has 0 rings (SSSR count). The van der Waals surface area contributed by atoms with E-state index in [1.54, 1.807) is 0 Å². The van der Waals surface area contributed by atoms with Crippen LogP contribution in [0.15, 0.2) is 24.3 Å². The maximum atomic E-state index is 12.6. The van der Waals surface area contributed by atoms with Crippen molar-refractivity contribution in [1.29, 1.82) is 0 Å². The van der Waals surface area contributed by atoms with Gasteiger partial charge in [0.2, 0.25) is 0 Å². The van der Waals surface area contributed by atoms with Crippen LogP contribution in [-0.4, -0.2) is 37.2 Å². The van der Waals surface area contributed by atoms with Crippen LogP contribution in [0.2, 0.25) is 0 Å². The second-order valence-electron chi connectivity index (χ2n) is 13.2. The molecule has 0 heterocycles. The van der Waals surface area contributed by atoms with Gasteiger partial charge in [-0.2, -0.15) is 0 Å². The molecule has 0 amide bonds. The summed E-state index contributed by atoms with van der Waals surface area (Å²) in [6.45, 7) is 6.47. The third-order valence-corrected chi connectivity index (χ3v) is 8.44. The Balaban J connectivity index is 4.32. The van der Waals surface area contributed by atoms with Gasteiger partial charge in [-0.3, -0.25) is 14.4 Å². The molecule has 6 heteroatoms. The number of ether oxygens (including phenoxy) is 3. The lowest BCUT2D eigenvalue weighted by atomic mass is 10.1. The minimum absolute atomic E-state index is 0.0742. The quantitative estimate of drug-likeness (QED) is 0.0291. The van der Waals surface area contributed by atoms with Gasteiger partial charge in [0.25, 0.3) is 0 Å². The number of hydrogen-bond acceptors (Lipinski definition) is 6. The molecule has 1 atom stereocenters. The Bertz CT molecular complexity index is 774. The molecule has 0 spiro atoms. The van der Waals surface area contributed by atoms with Crippen molar-refractivity contribution in [3.63, 3.8) is 0 Å². The summed E-state index contributed by atoms with van der Waals surface area (Å²) in [5, 5.41) is 0. The van der Waals surface area contributed by atoms with E-state index in [1.165, 1.54) is 77.0 Å². The average molecular weight is 663 g/mol. The fraction of sp³-hybridized carbons (Fsp3) is 0.829. The van der Waals surface area contributed by atoms with Gasteiger partial charge in [-0.1, -0.05) is 161 Å². The Kier molecular flexibility index (Phi) is 35.1. The standard InChI is InChI=1S/C41H74O6/c1-4-7-10-13-16-18-20-21-22-24-25-28-31-34-40(43)46-37-38(36-45-39(42)33-30-27-15-12-9-6-3)47-41(44)35-32-29-26-23-19-17-14-11-8-5-2/h10,13,18,20,38H,4-9,11-12,14-17,19,21-37H2,1-3H3/b13-10-,20-18-. The van der Waals surface area contributed by atoms with Crippen molar-refractivity contribution in [2.45, 2.75) is 207 Å². The molecule has 0 fully saturated rings. The van der Waals surface area contributed by atoms with Crippen molar-refractivity contribution in [2.24, 2.45) is 0 Å². The zero-order chi connectivity index (χ0) is 34.5. The monoisotopic (exact) mass is 663 g/mol. The van der Waals surface area contributed by atoms with Crippen molar-refractivity contribution in [3.8, 4) is 0 Å². The maximum absolute atomic E-state index is 12.6. The molecule has 0 aliphatic rings. The van der Waals surface area contributed by atoms with Crippen molar-refractivity contribution >= 4 is 17.9 Å². The Morgan fingerprint density at radius 1 is 0.426 bits per heavy atom. The lowest BCUT2D eigenvalue weighted by Gasteiger charge is -2.18. The lowest BCUT2D eigenvalue weighted by Crippen LogP contribution is -2.30. The normalized spacial score (nSPS) is 12.1. The lowest BCUT2D eigenvalue weighted by molar-refractivity contribution is -0.167. The van der Waals surface area contributed by atoms with Crippen LogP contribution in [0.1, 0.15) is 201 Å². The number of esters is 3. The molecule has 0 aromatic heterocycles. The molecule has 1 unspecified atom stereocenters. The molecule has 274 valence electrons. The first-order valence-electron chi connectivity index (χ1n) is 19.8. The molecule has 0 aromatic carbocycles.